The number of rotatable bonds is 18. The van der Waals surface area contributed by atoms with Gasteiger partial charge in [0.15, 0.2) is 0 Å². The molecule has 0 rings (SSSR count). The molecule has 0 bridgehead atoms. The van der Waals surface area contributed by atoms with Gasteiger partial charge in [-0.25, -0.2) is 0 Å². The molecule has 0 aliphatic rings. The van der Waals surface area contributed by atoms with Crippen LogP contribution in [0.15, 0.2) is 0 Å². The molecule has 0 amide bonds. The first-order chi connectivity index (χ1) is 10.8. The van der Waals surface area contributed by atoms with Gasteiger partial charge in [0.2, 0.25) is 0 Å². The number of aliphatic carboxylic acids is 1. The van der Waals surface area contributed by atoms with Crippen molar-refractivity contribution in [2.75, 3.05) is 0 Å². The Morgan fingerprint density at radius 3 is 1.09 bits per heavy atom. The predicted molar refractivity (Wildman–Crippen MR) is 105 cm³/mol. The molecule has 0 fully saturated rings. The van der Waals surface area contributed by atoms with Crippen LogP contribution in [0.5, 0.6) is 0 Å². The van der Waals surface area contributed by atoms with E-state index in [9.17, 15) is 4.79 Å². The molecule has 0 saturated heterocycles. The quantitative estimate of drug-likeness (QED) is 0.207. The number of hydrogen-bond acceptors (Lipinski definition) is 1. The third-order valence-electron chi connectivity index (χ3n) is 4.49. The van der Waals surface area contributed by atoms with Crippen molar-refractivity contribution < 1.29 is 9.90 Å². The third-order valence-corrected chi connectivity index (χ3v) is 4.49. The van der Waals surface area contributed by atoms with E-state index in [0.29, 0.717) is 6.42 Å². The molecule has 0 aromatic heterocycles. The minimum absolute atomic E-state index is 0. The van der Waals surface area contributed by atoms with Gasteiger partial charge in [-0.15, -0.1) is 0 Å². The summed E-state index contributed by atoms with van der Waals surface area (Å²) in [6, 6.07) is 0. The van der Waals surface area contributed by atoms with Gasteiger partial charge in [0.25, 0.3) is 0 Å². The molecule has 0 aromatic rings. The van der Waals surface area contributed by atoms with Crippen LogP contribution >= 0.6 is 0 Å². The first-order valence-electron chi connectivity index (χ1n) is 9.99. The molecule has 0 aromatic carbocycles. The van der Waals surface area contributed by atoms with E-state index in [1.807, 2.05) is 0 Å². The summed E-state index contributed by atoms with van der Waals surface area (Å²) in [5.41, 5.74) is 0. The summed E-state index contributed by atoms with van der Waals surface area (Å²) >= 11 is 0. The molecule has 138 valence electrons. The van der Waals surface area contributed by atoms with Crippen LogP contribution in [0.4, 0.5) is 0 Å². The van der Waals surface area contributed by atoms with Crippen LogP contribution in [-0.2, 0) is 4.79 Å². The second kappa shape index (κ2) is 22.3. The van der Waals surface area contributed by atoms with Crippen LogP contribution in [0.2, 0.25) is 0 Å². The van der Waals surface area contributed by atoms with Crippen LogP contribution in [0.1, 0.15) is 122 Å². The van der Waals surface area contributed by atoms with Crippen LogP contribution in [0.25, 0.3) is 0 Å². The molecular weight excluding hydrogens is 391 g/mol. The maximum atomic E-state index is 10.4. The fourth-order valence-corrected chi connectivity index (χ4v) is 3.00. The monoisotopic (exact) mass is 434 g/mol. The second-order valence-electron chi connectivity index (χ2n) is 6.80. The van der Waals surface area contributed by atoms with Crippen LogP contribution in [-0.4, -0.2) is 35.0 Å². The third kappa shape index (κ3) is 24.6. The average Bonchev–Trinajstić information content (AvgIpc) is 2.50. The van der Waals surface area contributed by atoms with Crippen molar-refractivity contribution in [2.45, 2.75) is 122 Å². The second-order valence-corrected chi connectivity index (χ2v) is 6.80. The molecule has 2 nitrogen and oxygen atoms in total. The van der Waals surface area contributed by atoms with Crippen molar-refractivity contribution in [1.82, 2.24) is 0 Å². The van der Waals surface area contributed by atoms with Gasteiger partial charge < -0.3 is 5.11 Å². The number of carboxylic acid groups (broad SMARTS) is 1. The first kappa shape index (κ1) is 25.5. The van der Waals surface area contributed by atoms with Gasteiger partial charge >= 0.3 is 29.9 Å². The Kier molecular flexibility index (Phi) is 24.7. The van der Waals surface area contributed by atoms with Gasteiger partial charge in [-0.3, -0.25) is 4.79 Å². The Hall–Kier alpha value is 0.269. The SMILES string of the molecule is CCCCCCCCCCCCCCCCCCCC(=O)O.[SnH2]. The Labute approximate surface area is 162 Å². The minimum atomic E-state index is -0.652. The molecule has 23 heavy (non-hydrogen) atoms. The first-order valence-corrected chi connectivity index (χ1v) is 9.99. The zero-order valence-corrected chi connectivity index (χ0v) is 19.8. The van der Waals surface area contributed by atoms with Gasteiger partial charge in [0.05, 0.1) is 0 Å². The van der Waals surface area contributed by atoms with E-state index in [0.717, 1.165) is 12.8 Å². The Balaban J connectivity index is 0. The van der Waals surface area contributed by atoms with Crippen LogP contribution < -0.4 is 0 Å². The molecule has 0 atom stereocenters. The van der Waals surface area contributed by atoms with Gasteiger partial charge in [-0.1, -0.05) is 110 Å². The van der Waals surface area contributed by atoms with Gasteiger partial charge in [-0.05, 0) is 6.42 Å². The summed E-state index contributed by atoms with van der Waals surface area (Å²) in [5, 5.41) is 8.54. The zero-order chi connectivity index (χ0) is 16.3. The van der Waals surface area contributed by atoms with Crippen LogP contribution in [0.3, 0.4) is 0 Å². The molecule has 2 radical (unpaired) electrons. The predicted octanol–water partition coefficient (Wildman–Crippen LogP) is 6.20. The molecule has 0 heterocycles. The fraction of sp³-hybridized carbons (Fsp3) is 0.950. The number of unbranched alkanes of at least 4 members (excludes halogenated alkanes) is 16. The summed E-state index contributed by atoms with van der Waals surface area (Å²) in [6.07, 6.45) is 23.1. The van der Waals surface area contributed by atoms with E-state index >= 15 is 0 Å². The Morgan fingerprint density at radius 1 is 0.565 bits per heavy atom. The molecule has 0 aliphatic carbocycles. The molecule has 0 spiro atoms. The number of hydrogen-bond donors (Lipinski definition) is 1. The van der Waals surface area contributed by atoms with Crippen molar-refractivity contribution in [3.8, 4) is 0 Å². The zero-order valence-electron chi connectivity index (χ0n) is 15.8. The fourth-order valence-electron chi connectivity index (χ4n) is 3.00. The van der Waals surface area contributed by atoms with Gasteiger partial charge in [-0.2, -0.15) is 0 Å². The molecule has 0 aliphatic heterocycles. The van der Waals surface area contributed by atoms with Gasteiger partial charge in [0, 0.05) is 6.42 Å². The normalized spacial score (nSPS) is 10.5. The summed E-state index contributed by atoms with van der Waals surface area (Å²) in [4.78, 5) is 10.4. The molecule has 1 N–H and O–H groups in total. The van der Waals surface area contributed by atoms with Crippen molar-refractivity contribution >= 4 is 29.9 Å². The topological polar surface area (TPSA) is 37.3 Å². The molecular formula is C20H42O2Sn. The number of carboxylic acids is 1. The van der Waals surface area contributed by atoms with Crippen molar-refractivity contribution in [1.29, 1.82) is 0 Å². The van der Waals surface area contributed by atoms with Crippen LogP contribution in [0, 0.1) is 0 Å². The molecule has 0 saturated carbocycles. The maximum absolute atomic E-state index is 10.4. The summed E-state index contributed by atoms with van der Waals surface area (Å²) in [6.45, 7) is 2.28. The summed E-state index contributed by atoms with van der Waals surface area (Å²) < 4.78 is 0. The standard InChI is InChI=1S/C20H40O2.Sn.2H/c1-2-3-4-5-6-7-8-9-10-11-12-13-14-15-16-17-18-19-20(21)22;;;/h2-19H2,1H3,(H,21,22);;;. The van der Waals surface area contributed by atoms with E-state index in [2.05, 4.69) is 6.92 Å². The number of carbonyl (C=O) groups is 1. The van der Waals surface area contributed by atoms with Crippen molar-refractivity contribution in [3.05, 3.63) is 0 Å². The molecule has 3 heteroatoms. The van der Waals surface area contributed by atoms with E-state index in [1.54, 1.807) is 0 Å². The van der Waals surface area contributed by atoms with Crippen molar-refractivity contribution in [2.24, 2.45) is 0 Å². The van der Waals surface area contributed by atoms with E-state index in [-0.39, 0.29) is 23.9 Å². The van der Waals surface area contributed by atoms with E-state index in [1.165, 1.54) is 96.3 Å². The van der Waals surface area contributed by atoms with Crippen molar-refractivity contribution in [3.63, 3.8) is 0 Å². The Bertz CT molecular complexity index is 232. The van der Waals surface area contributed by atoms with E-state index in [4.69, 9.17) is 5.11 Å². The summed E-state index contributed by atoms with van der Waals surface area (Å²) in [7, 11) is 0. The average molecular weight is 433 g/mol. The molecule has 0 unspecified atom stereocenters. The Morgan fingerprint density at radius 2 is 0.826 bits per heavy atom. The van der Waals surface area contributed by atoms with E-state index < -0.39 is 5.97 Å². The summed E-state index contributed by atoms with van der Waals surface area (Å²) in [5.74, 6) is -0.652. The van der Waals surface area contributed by atoms with Gasteiger partial charge in [0.1, 0.15) is 0 Å².